The Balaban J connectivity index is 1.43. The molecular formula is C27H21ClFN5O2. The normalized spacial score (nSPS) is 14.6. The van der Waals surface area contributed by atoms with Crippen LogP contribution in [0.15, 0.2) is 84.9 Å². The fourth-order valence-corrected chi connectivity index (χ4v) is 3.91. The van der Waals surface area contributed by atoms with Crippen LogP contribution in [-0.4, -0.2) is 27.8 Å². The fraction of sp³-hybridized carbons (Fsp3) is 0.0741. The second-order valence-electron chi connectivity index (χ2n) is 8.01. The van der Waals surface area contributed by atoms with Gasteiger partial charge in [0.1, 0.15) is 17.6 Å². The van der Waals surface area contributed by atoms with Gasteiger partial charge in [-0.15, -0.1) is 5.10 Å². The van der Waals surface area contributed by atoms with Gasteiger partial charge in [-0.3, -0.25) is 10.1 Å². The van der Waals surface area contributed by atoms with Crippen LogP contribution in [0.25, 0.3) is 11.8 Å². The summed E-state index contributed by atoms with van der Waals surface area (Å²) < 4.78 is 20.1. The van der Waals surface area contributed by atoms with Gasteiger partial charge in [0.25, 0.3) is 11.9 Å². The van der Waals surface area contributed by atoms with Crippen LogP contribution in [0.2, 0.25) is 5.02 Å². The van der Waals surface area contributed by atoms with Crippen molar-refractivity contribution in [3.05, 3.63) is 112 Å². The van der Waals surface area contributed by atoms with E-state index in [1.165, 1.54) is 18.2 Å². The molecule has 0 spiro atoms. The second-order valence-corrected chi connectivity index (χ2v) is 8.44. The molecule has 36 heavy (non-hydrogen) atoms. The Bertz CT molecular complexity index is 1450. The van der Waals surface area contributed by atoms with E-state index in [4.69, 9.17) is 16.3 Å². The maximum absolute atomic E-state index is 13.1. The van der Waals surface area contributed by atoms with Gasteiger partial charge in [0, 0.05) is 16.8 Å². The quantitative estimate of drug-likeness (QED) is 0.327. The Morgan fingerprint density at radius 2 is 1.81 bits per heavy atom. The number of hydrogen-bond acceptors (Lipinski definition) is 5. The first-order valence-electron chi connectivity index (χ1n) is 11.1. The zero-order valence-corrected chi connectivity index (χ0v) is 19.9. The molecule has 1 aliphatic rings. The monoisotopic (exact) mass is 501 g/mol. The van der Waals surface area contributed by atoms with Gasteiger partial charge in [-0.05, 0) is 65.2 Å². The van der Waals surface area contributed by atoms with Crippen LogP contribution in [0.4, 0.5) is 16.3 Å². The third-order valence-electron chi connectivity index (χ3n) is 5.61. The Morgan fingerprint density at radius 1 is 1.08 bits per heavy atom. The molecular weight excluding hydrogens is 481 g/mol. The summed E-state index contributed by atoms with van der Waals surface area (Å²) in [5, 5.41) is 11.2. The molecule has 180 valence electrons. The van der Waals surface area contributed by atoms with E-state index >= 15 is 0 Å². The second kappa shape index (κ2) is 10.1. The van der Waals surface area contributed by atoms with Crippen LogP contribution in [0.5, 0.6) is 5.75 Å². The van der Waals surface area contributed by atoms with Crippen molar-refractivity contribution >= 4 is 41.2 Å². The van der Waals surface area contributed by atoms with Crippen molar-refractivity contribution in [1.82, 2.24) is 14.8 Å². The minimum Gasteiger partial charge on any atom is -0.497 e. The summed E-state index contributed by atoms with van der Waals surface area (Å²) in [5.74, 6) is 0.620. The summed E-state index contributed by atoms with van der Waals surface area (Å²) in [4.78, 5) is 17.0. The number of aromatic nitrogens is 3. The number of ether oxygens (including phenoxy) is 1. The van der Waals surface area contributed by atoms with Gasteiger partial charge >= 0.3 is 0 Å². The molecule has 0 aliphatic carbocycles. The van der Waals surface area contributed by atoms with Crippen molar-refractivity contribution in [3.8, 4) is 5.75 Å². The third kappa shape index (κ3) is 5.13. The molecule has 1 amide bonds. The van der Waals surface area contributed by atoms with E-state index in [1.54, 1.807) is 30.0 Å². The molecule has 0 saturated carbocycles. The van der Waals surface area contributed by atoms with Crippen LogP contribution in [0.1, 0.15) is 22.7 Å². The molecule has 7 nitrogen and oxygen atoms in total. The first-order valence-corrected chi connectivity index (χ1v) is 11.5. The summed E-state index contributed by atoms with van der Waals surface area (Å²) >= 11 is 6.07. The van der Waals surface area contributed by atoms with Gasteiger partial charge in [-0.1, -0.05) is 48.0 Å². The summed E-state index contributed by atoms with van der Waals surface area (Å²) in [5.41, 5.74) is 3.42. The Labute approximate surface area is 211 Å². The first kappa shape index (κ1) is 23.3. The predicted molar refractivity (Wildman–Crippen MR) is 138 cm³/mol. The maximum Gasteiger partial charge on any atom is 0.250 e. The molecule has 0 saturated heterocycles. The van der Waals surface area contributed by atoms with E-state index in [0.717, 1.165) is 22.6 Å². The van der Waals surface area contributed by atoms with Crippen LogP contribution in [-0.2, 0) is 4.79 Å². The number of nitrogens with zero attached hydrogens (tertiary/aromatic N) is 3. The third-order valence-corrected chi connectivity index (χ3v) is 5.86. The average Bonchev–Trinajstić information content (AvgIpc) is 3.30. The van der Waals surface area contributed by atoms with Gasteiger partial charge in [0.15, 0.2) is 0 Å². The maximum atomic E-state index is 13.1. The number of fused-ring (bicyclic) bond motifs is 1. The molecule has 0 radical (unpaired) electrons. The number of benzene rings is 3. The molecule has 1 unspecified atom stereocenters. The first-order chi connectivity index (χ1) is 17.5. The SMILES string of the molecule is COc1ccc(C2C=C(c3ccc(Cl)cc3)Nc3nc(NC(=O)/C=C/c4ccc(F)cc4)nn32)cc1. The lowest BCUT2D eigenvalue weighted by molar-refractivity contribution is -0.111. The number of rotatable bonds is 6. The number of carbonyl (C=O) groups is 1. The highest BCUT2D eigenvalue weighted by molar-refractivity contribution is 6.30. The van der Waals surface area contributed by atoms with E-state index in [-0.39, 0.29) is 17.8 Å². The van der Waals surface area contributed by atoms with E-state index in [2.05, 4.69) is 20.7 Å². The van der Waals surface area contributed by atoms with Crippen molar-refractivity contribution in [2.75, 3.05) is 17.7 Å². The zero-order chi connectivity index (χ0) is 25.1. The van der Waals surface area contributed by atoms with Gasteiger partial charge in [0.2, 0.25) is 5.95 Å². The Hall–Kier alpha value is -4.43. The van der Waals surface area contributed by atoms with Crippen molar-refractivity contribution in [2.24, 2.45) is 0 Å². The van der Waals surface area contributed by atoms with Crippen LogP contribution >= 0.6 is 11.6 Å². The zero-order valence-electron chi connectivity index (χ0n) is 19.2. The lowest BCUT2D eigenvalue weighted by atomic mass is 10.0. The standard InChI is InChI=1S/C27H21ClFN5O2/c1-36-22-13-7-19(8-14-22)24-16-23(18-5-9-20(28)10-6-18)30-27-32-26(33-34(24)27)31-25(35)15-4-17-2-11-21(29)12-3-17/h2-16,24H,1H3,(H2,30,31,32,33,35)/b15-4+. The number of anilines is 2. The van der Waals surface area contributed by atoms with Crippen LogP contribution < -0.4 is 15.4 Å². The van der Waals surface area contributed by atoms with Crippen molar-refractivity contribution in [3.63, 3.8) is 0 Å². The number of amides is 1. The number of methoxy groups -OCH3 is 1. The van der Waals surface area contributed by atoms with E-state index < -0.39 is 5.91 Å². The molecule has 3 aromatic carbocycles. The topological polar surface area (TPSA) is 81.1 Å². The molecule has 0 fully saturated rings. The van der Waals surface area contributed by atoms with E-state index in [1.807, 2.05) is 54.6 Å². The number of hydrogen-bond donors (Lipinski definition) is 2. The molecule has 1 aliphatic heterocycles. The summed E-state index contributed by atoms with van der Waals surface area (Å²) in [7, 11) is 1.62. The van der Waals surface area contributed by atoms with Crippen molar-refractivity contribution < 1.29 is 13.9 Å². The molecule has 9 heteroatoms. The number of carbonyl (C=O) groups excluding carboxylic acids is 1. The number of halogens is 2. The summed E-state index contributed by atoms with van der Waals surface area (Å²) in [6.45, 7) is 0. The summed E-state index contributed by atoms with van der Waals surface area (Å²) in [6.07, 6.45) is 4.97. The van der Waals surface area contributed by atoms with Gasteiger partial charge in [-0.2, -0.15) is 4.98 Å². The average molecular weight is 502 g/mol. The van der Waals surface area contributed by atoms with Crippen molar-refractivity contribution in [1.29, 1.82) is 0 Å². The van der Waals surface area contributed by atoms with Gasteiger partial charge in [0.05, 0.1) is 7.11 Å². The predicted octanol–water partition coefficient (Wildman–Crippen LogP) is 5.79. The largest absolute Gasteiger partial charge is 0.497 e. The molecule has 1 aromatic heterocycles. The number of allylic oxidation sites excluding steroid dienone is 1. The molecule has 2 N–H and O–H groups in total. The minimum absolute atomic E-state index is 0.149. The minimum atomic E-state index is -0.408. The highest BCUT2D eigenvalue weighted by atomic mass is 35.5. The lowest BCUT2D eigenvalue weighted by Crippen LogP contribution is -2.20. The highest BCUT2D eigenvalue weighted by Gasteiger charge is 2.25. The Morgan fingerprint density at radius 3 is 2.50 bits per heavy atom. The fourth-order valence-electron chi connectivity index (χ4n) is 3.78. The molecule has 0 bridgehead atoms. The van der Waals surface area contributed by atoms with Gasteiger partial charge in [-0.25, -0.2) is 9.07 Å². The highest BCUT2D eigenvalue weighted by Crippen LogP contribution is 2.34. The van der Waals surface area contributed by atoms with Gasteiger partial charge < -0.3 is 10.1 Å². The van der Waals surface area contributed by atoms with Crippen molar-refractivity contribution in [2.45, 2.75) is 6.04 Å². The molecule has 4 aromatic rings. The Kier molecular flexibility index (Phi) is 6.51. The smallest absolute Gasteiger partial charge is 0.250 e. The summed E-state index contributed by atoms with van der Waals surface area (Å²) in [6, 6.07) is 20.7. The lowest BCUT2D eigenvalue weighted by Gasteiger charge is -2.24. The molecule has 5 rings (SSSR count). The van der Waals surface area contributed by atoms with Crippen LogP contribution in [0, 0.1) is 5.82 Å². The molecule has 1 atom stereocenters. The van der Waals surface area contributed by atoms with Crippen LogP contribution in [0.3, 0.4) is 0 Å². The number of nitrogens with one attached hydrogen (secondary N) is 2. The van der Waals surface area contributed by atoms with E-state index in [0.29, 0.717) is 16.5 Å². The molecule has 2 heterocycles. The van der Waals surface area contributed by atoms with E-state index in [9.17, 15) is 9.18 Å².